The average molecular weight is 176 g/mol. The summed E-state index contributed by atoms with van der Waals surface area (Å²) in [6.45, 7) is 3.60. The fraction of sp³-hybridized carbons (Fsp3) is 0.100. The molecule has 3 nitrogen and oxygen atoms in total. The van der Waals surface area contributed by atoms with Crippen molar-refractivity contribution in [3.8, 4) is 5.75 Å². The first-order chi connectivity index (χ1) is 6.31. The third kappa shape index (κ3) is 2.08. The van der Waals surface area contributed by atoms with Crippen LogP contribution in [0.4, 0.5) is 5.69 Å². The van der Waals surface area contributed by atoms with E-state index in [9.17, 15) is 0 Å². The lowest BCUT2D eigenvalue weighted by molar-refractivity contribution is 0.415. The van der Waals surface area contributed by atoms with E-state index >= 15 is 0 Å². The fourth-order valence-electron chi connectivity index (χ4n) is 1.00. The number of hydrogen-bond donors (Lipinski definition) is 1. The van der Waals surface area contributed by atoms with Crippen LogP contribution >= 0.6 is 0 Å². The van der Waals surface area contributed by atoms with Crippen molar-refractivity contribution < 1.29 is 4.74 Å². The Morgan fingerprint density at radius 2 is 2.31 bits per heavy atom. The van der Waals surface area contributed by atoms with E-state index in [4.69, 9.17) is 10.1 Å². The number of anilines is 1. The summed E-state index contributed by atoms with van der Waals surface area (Å²) >= 11 is 0. The normalized spacial score (nSPS) is 9.00. The Morgan fingerprint density at radius 1 is 1.54 bits per heavy atom. The summed E-state index contributed by atoms with van der Waals surface area (Å²) in [6, 6.07) is 7.45. The Kier molecular flexibility index (Phi) is 3.09. The van der Waals surface area contributed by atoms with E-state index in [-0.39, 0.29) is 0 Å². The van der Waals surface area contributed by atoms with Crippen molar-refractivity contribution in [3.63, 3.8) is 0 Å². The standard InChI is InChI=1S/C10H12N2O/c1-3-12(8-11)9-5-4-6-10(7-9)13-2/h3-8,11H,1H2,2H3. The summed E-state index contributed by atoms with van der Waals surface area (Å²) in [5.74, 6) is 0.770. The highest BCUT2D eigenvalue weighted by molar-refractivity contribution is 5.79. The van der Waals surface area contributed by atoms with Crippen molar-refractivity contribution in [1.82, 2.24) is 0 Å². The van der Waals surface area contributed by atoms with Gasteiger partial charge in [-0.25, -0.2) is 0 Å². The molecule has 0 aliphatic heterocycles. The molecule has 1 N–H and O–H groups in total. The molecule has 0 spiro atoms. The van der Waals surface area contributed by atoms with Crippen molar-refractivity contribution in [2.24, 2.45) is 0 Å². The highest BCUT2D eigenvalue weighted by atomic mass is 16.5. The van der Waals surface area contributed by atoms with E-state index in [1.54, 1.807) is 18.2 Å². The fourth-order valence-corrected chi connectivity index (χ4v) is 1.00. The molecule has 13 heavy (non-hydrogen) atoms. The quantitative estimate of drug-likeness (QED) is 0.564. The number of ether oxygens (including phenoxy) is 1. The molecule has 0 amide bonds. The van der Waals surface area contributed by atoms with Gasteiger partial charge in [0.15, 0.2) is 0 Å². The maximum atomic E-state index is 7.11. The van der Waals surface area contributed by atoms with Crippen LogP contribution in [0.3, 0.4) is 0 Å². The van der Waals surface area contributed by atoms with Gasteiger partial charge in [0.2, 0.25) is 0 Å². The molecule has 3 heteroatoms. The summed E-state index contributed by atoms with van der Waals surface area (Å²) in [5, 5.41) is 7.11. The van der Waals surface area contributed by atoms with Gasteiger partial charge in [-0.2, -0.15) is 0 Å². The molecule has 0 heterocycles. The Bertz CT molecular complexity index is 302. The van der Waals surface area contributed by atoms with Gasteiger partial charge >= 0.3 is 0 Å². The van der Waals surface area contributed by atoms with Gasteiger partial charge in [0, 0.05) is 12.3 Å². The van der Waals surface area contributed by atoms with Gasteiger partial charge in [0.25, 0.3) is 0 Å². The summed E-state index contributed by atoms with van der Waals surface area (Å²) in [7, 11) is 1.61. The van der Waals surface area contributed by atoms with Gasteiger partial charge in [-0.3, -0.25) is 5.41 Å². The van der Waals surface area contributed by atoms with Gasteiger partial charge in [-0.15, -0.1) is 0 Å². The molecule has 0 saturated carbocycles. The molecule has 0 aliphatic carbocycles. The van der Waals surface area contributed by atoms with E-state index < -0.39 is 0 Å². The molecule has 0 radical (unpaired) electrons. The van der Waals surface area contributed by atoms with Crippen molar-refractivity contribution in [2.45, 2.75) is 0 Å². The Balaban J connectivity index is 2.99. The predicted octanol–water partition coefficient (Wildman–Crippen LogP) is 2.25. The number of nitrogens with zero attached hydrogens (tertiary/aromatic N) is 1. The van der Waals surface area contributed by atoms with E-state index in [1.807, 2.05) is 24.3 Å². The molecule has 1 aromatic carbocycles. The molecule has 0 fully saturated rings. The first-order valence-corrected chi connectivity index (χ1v) is 3.87. The first-order valence-electron chi connectivity index (χ1n) is 3.87. The molecule has 0 atom stereocenters. The van der Waals surface area contributed by atoms with Crippen LogP contribution in [0.25, 0.3) is 0 Å². The number of nitrogens with one attached hydrogen (secondary N) is 1. The lowest BCUT2D eigenvalue weighted by atomic mass is 10.3. The van der Waals surface area contributed by atoms with Crippen molar-refractivity contribution in [1.29, 1.82) is 5.41 Å². The van der Waals surface area contributed by atoms with Crippen LogP contribution in [0.15, 0.2) is 37.0 Å². The molecule has 1 rings (SSSR count). The minimum Gasteiger partial charge on any atom is -0.497 e. The Hall–Kier alpha value is -1.77. The molecule has 0 saturated heterocycles. The minimum atomic E-state index is 0.770. The zero-order chi connectivity index (χ0) is 9.68. The van der Waals surface area contributed by atoms with Gasteiger partial charge in [0.05, 0.1) is 19.1 Å². The Labute approximate surface area is 77.8 Å². The average Bonchev–Trinajstić information content (AvgIpc) is 2.20. The second-order valence-electron chi connectivity index (χ2n) is 2.42. The Morgan fingerprint density at radius 3 is 2.85 bits per heavy atom. The van der Waals surface area contributed by atoms with Crippen molar-refractivity contribution in [2.75, 3.05) is 12.0 Å². The summed E-state index contributed by atoms with van der Waals surface area (Å²) in [5.41, 5.74) is 0.865. The lowest BCUT2D eigenvalue weighted by Gasteiger charge is -2.13. The molecule has 0 aromatic heterocycles. The van der Waals surface area contributed by atoms with E-state index in [2.05, 4.69) is 6.58 Å². The van der Waals surface area contributed by atoms with E-state index in [0.717, 1.165) is 11.4 Å². The number of rotatable bonds is 4. The van der Waals surface area contributed by atoms with Crippen LogP contribution < -0.4 is 9.64 Å². The SMILES string of the molecule is C=CN(C=N)c1cccc(OC)c1. The van der Waals surface area contributed by atoms with Crippen LogP contribution in [0, 0.1) is 5.41 Å². The maximum absolute atomic E-state index is 7.11. The van der Waals surface area contributed by atoms with Crippen LogP contribution in [0.5, 0.6) is 5.75 Å². The van der Waals surface area contributed by atoms with E-state index in [0.29, 0.717) is 0 Å². The number of methoxy groups -OCH3 is 1. The maximum Gasteiger partial charge on any atom is 0.120 e. The van der Waals surface area contributed by atoms with Crippen LogP contribution in [-0.4, -0.2) is 13.4 Å². The van der Waals surface area contributed by atoms with Crippen LogP contribution in [0.1, 0.15) is 0 Å². The molecular weight excluding hydrogens is 164 g/mol. The summed E-state index contributed by atoms with van der Waals surface area (Å²) < 4.78 is 5.06. The topological polar surface area (TPSA) is 36.3 Å². The second-order valence-corrected chi connectivity index (χ2v) is 2.42. The first kappa shape index (κ1) is 9.32. The van der Waals surface area contributed by atoms with Crippen molar-refractivity contribution in [3.05, 3.63) is 37.0 Å². The lowest BCUT2D eigenvalue weighted by Crippen LogP contribution is -2.11. The molecule has 1 aromatic rings. The summed E-state index contributed by atoms with van der Waals surface area (Å²) in [6.07, 6.45) is 2.77. The smallest absolute Gasteiger partial charge is 0.120 e. The summed E-state index contributed by atoms with van der Waals surface area (Å²) in [4.78, 5) is 1.60. The zero-order valence-corrected chi connectivity index (χ0v) is 7.53. The number of hydrogen-bond acceptors (Lipinski definition) is 2. The highest BCUT2D eigenvalue weighted by Gasteiger charge is 1.99. The van der Waals surface area contributed by atoms with Crippen molar-refractivity contribution >= 4 is 12.0 Å². The monoisotopic (exact) mass is 176 g/mol. The zero-order valence-electron chi connectivity index (χ0n) is 7.53. The van der Waals surface area contributed by atoms with Gasteiger partial charge in [-0.05, 0) is 12.1 Å². The van der Waals surface area contributed by atoms with Crippen LogP contribution in [0.2, 0.25) is 0 Å². The van der Waals surface area contributed by atoms with Gasteiger partial charge in [-0.1, -0.05) is 12.6 Å². The third-order valence-electron chi connectivity index (χ3n) is 1.69. The second kappa shape index (κ2) is 4.30. The van der Waals surface area contributed by atoms with Crippen LogP contribution in [-0.2, 0) is 0 Å². The number of benzene rings is 1. The van der Waals surface area contributed by atoms with E-state index in [1.165, 1.54) is 6.34 Å². The molecule has 68 valence electrons. The molecule has 0 unspecified atom stereocenters. The largest absolute Gasteiger partial charge is 0.497 e. The van der Waals surface area contributed by atoms with Gasteiger partial charge < -0.3 is 9.64 Å². The molecule has 0 aliphatic rings. The third-order valence-corrected chi connectivity index (χ3v) is 1.69. The molecule has 0 bridgehead atoms. The minimum absolute atomic E-state index is 0.770. The van der Waals surface area contributed by atoms with Gasteiger partial charge in [0.1, 0.15) is 5.75 Å². The molecular formula is C10H12N2O. The predicted molar refractivity (Wildman–Crippen MR) is 54.5 cm³/mol. The highest BCUT2D eigenvalue weighted by Crippen LogP contribution is 2.19.